The lowest BCUT2D eigenvalue weighted by atomic mass is 10.0. The Morgan fingerprint density at radius 3 is 2.76 bits per heavy atom. The molecule has 0 saturated heterocycles. The molecule has 4 rings (SSSR count). The van der Waals surface area contributed by atoms with Gasteiger partial charge in [-0.25, -0.2) is 4.68 Å². The molecule has 0 fully saturated rings. The highest BCUT2D eigenvalue weighted by Crippen LogP contribution is 2.44. The number of anilines is 1. The molecule has 0 unspecified atom stereocenters. The Balaban J connectivity index is 1.90. The zero-order chi connectivity index (χ0) is 17.4. The van der Waals surface area contributed by atoms with Crippen LogP contribution in [0.2, 0.25) is 0 Å². The van der Waals surface area contributed by atoms with Crippen molar-refractivity contribution in [3.05, 3.63) is 75.9 Å². The number of carbonyl (C=O) groups excluding carboxylic acids is 1. The lowest BCUT2D eigenvalue weighted by Crippen LogP contribution is -2.15. The quantitative estimate of drug-likeness (QED) is 0.660. The second-order valence-corrected chi connectivity index (χ2v) is 7.90. The van der Waals surface area contributed by atoms with E-state index in [0.29, 0.717) is 5.75 Å². The summed E-state index contributed by atoms with van der Waals surface area (Å²) >= 11 is 5.18. The Morgan fingerprint density at radius 2 is 2.00 bits per heavy atom. The molecule has 6 heteroatoms. The van der Waals surface area contributed by atoms with Crippen molar-refractivity contribution >= 4 is 39.4 Å². The van der Waals surface area contributed by atoms with Crippen molar-refractivity contribution < 1.29 is 4.79 Å². The highest BCUT2D eigenvalue weighted by atomic mass is 79.9. The molecule has 2 heterocycles. The van der Waals surface area contributed by atoms with Gasteiger partial charge in [-0.05, 0) is 36.8 Å². The topological polar surface area (TPSA) is 46.9 Å². The van der Waals surface area contributed by atoms with Crippen LogP contribution in [-0.4, -0.2) is 21.4 Å². The fourth-order valence-electron chi connectivity index (χ4n) is 3.07. The van der Waals surface area contributed by atoms with E-state index in [4.69, 9.17) is 5.10 Å². The Bertz CT molecular complexity index is 939. The number of aromatic nitrogens is 2. The fourth-order valence-corrected chi connectivity index (χ4v) is 4.67. The fraction of sp³-hybridized carbons (Fsp3) is 0.158. The highest BCUT2D eigenvalue weighted by molar-refractivity contribution is 9.10. The minimum atomic E-state index is 0.000767. The number of halogens is 1. The number of aryl methyl sites for hydroxylation is 1. The number of fused-ring (bicyclic) bond motifs is 1. The third-order valence-electron chi connectivity index (χ3n) is 4.16. The number of amides is 1. The van der Waals surface area contributed by atoms with E-state index >= 15 is 0 Å². The first-order valence-corrected chi connectivity index (χ1v) is 9.79. The van der Waals surface area contributed by atoms with E-state index in [9.17, 15) is 4.79 Å². The van der Waals surface area contributed by atoms with Crippen LogP contribution in [0, 0.1) is 6.92 Å². The number of benzene rings is 2. The Labute approximate surface area is 158 Å². The van der Waals surface area contributed by atoms with Gasteiger partial charge in [-0.3, -0.25) is 4.79 Å². The average molecular weight is 414 g/mol. The van der Waals surface area contributed by atoms with E-state index < -0.39 is 0 Å². The number of thioether (sulfide) groups is 1. The van der Waals surface area contributed by atoms with E-state index in [1.54, 1.807) is 11.8 Å². The molecule has 0 aliphatic carbocycles. The van der Waals surface area contributed by atoms with Crippen molar-refractivity contribution in [3.8, 4) is 5.69 Å². The third-order valence-corrected chi connectivity index (χ3v) is 5.92. The molecule has 4 nitrogen and oxygen atoms in total. The van der Waals surface area contributed by atoms with Gasteiger partial charge in [0.25, 0.3) is 0 Å². The van der Waals surface area contributed by atoms with Gasteiger partial charge in [0.05, 0.1) is 22.4 Å². The van der Waals surface area contributed by atoms with Crippen LogP contribution in [0.1, 0.15) is 22.1 Å². The largest absolute Gasteiger partial charge is 0.310 e. The maximum atomic E-state index is 12.3. The molecule has 1 N–H and O–H groups in total. The molecular formula is C19H16BrN3OS. The SMILES string of the molecule is Cc1nn(-c2ccccc2)c2c1[C@@H](c1cccc(Br)c1)SCC(=O)N2. The molecule has 0 bridgehead atoms. The van der Waals surface area contributed by atoms with Gasteiger partial charge in [0.2, 0.25) is 5.91 Å². The number of hydrogen-bond acceptors (Lipinski definition) is 3. The van der Waals surface area contributed by atoms with Gasteiger partial charge in [-0.15, -0.1) is 11.8 Å². The summed E-state index contributed by atoms with van der Waals surface area (Å²) in [5, 5.41) is 7.83. The van der Waals surface area contributed by atoms with Crippen molar-refractivity contribution in [3.63, 3.8) is 0 Å². The minimum absolute atomic E-state index is 0.000767. The van der Waals surface area contributed by atoms with Gasteiger partial charge < -0.3 is 5.32 Å². The van der Waals surface area contributed by atoms with Crippen LogP contribution in [-0.2, 0) is 4.79 Å². The van der Waals surface area contributed by atoms with E-state index in [0.717, 1.165) is 32.8 Å². The lowest BCUT2D eigenvalue weighted by Gasteiger charge is -2.15. The first-order valence-electron chi connectivity index (χ1n) is 7.95. The molecule has 0 radical (unpaired) electrons. The minimum Gasteiger partial charge on any atom is -0.310 e. The standard InChI is InChI=1S/C19H16BrN3OS/c1-12-17-18(13-6-5-7-14(20)10-13)25-11-16(24)21-19(17)23(22-12)15-8-3-2-4-9-15/h2-10,18H,11H2,1H3,(H,21,24)/t18-/m1/s1. The smallest absolute Gasteiger partial charge is 0.235 e. The second-order valence-electron chi connectivity index (χ2n) is 5.89. The van der Waals surface area contributed by atoms with Crippen molar-refractivity contribution in [2.45, 2.75) is 12.2 Å². The van der Waals surface area contributed by atoms with Crippen LogP contribution < -0.4 is 5.32 Å². The normalized spacial score (nSPS) is 16.9. The monoisotopic (exact) mass is 413 g/mol. The molecule has 2 aromatic carbocycles. The summed E-state index contributed by atoms with van der Waals surface area (Å²) in [4.78, 5) is 12.3. The molecule has 1 atom stereocenters. The molecule has 1 aliphatic heterocycles. The molecule has 3 aromatic rings. The van der Waals surface area contributed by atoms with Crippen molar-refractivity contribution in [1.29, 1.82) is 0 Å². The summed E-state index contributed by atoms with van der Waals surface area (Å²) in [5.74, 6) is 1.18. The predicted octanol–water partition coefficient (Wildman–Crippen LogP) is 4.72. The maximum Gasteiger partial charge on any atom is 0.235 e. The summed E-state index contributed by atoms with van der Waals surface area (Å²) in [5.41, 5.74) is 4.09. The highest BCUT2D eigenvalue weighted by Gasteiger charge is 2.30. The molecule has 1 amide bonds. The summed E-state index contributed by atoms with van der Waals surface area (Å²) in [7, 11) is 0. The lowest BCUT2D eigenvalue weighted by molar-refractivity contribution is -0.113. The van der Waals surface area contributed by atoms with E-state index in [1.807, 2.05) is 54.1 Å². The van der Waals surface area contributed by atoms with Gasteiger partial charge in [-0.2, -0.15) is 5.10 Å². The molecule has 126 valence electrons. The number of nitrogens with one attached hydrogen (secondary N) is 1. The molecule has 0 saturated carbocycles. The van der Waals surface area contributed by atoms with E-state index in [-0.39, 0.29) is 11.2 Å². The zero-order valence-electron chi connectivity index (χ0n) is 13.6. The first-order chi connectivity index (χ1) is 12.1. The number of nitrogens with zero attached hydrogens (tertiary/aromatic N) is 2. The van der Waals surface area contributed by atoms with Crippen LogP contribution in [0.5, 0.6) is 0 Å². The van der Waals surface area contributed by atoms with Gasteiger partial charge in [0.1, 0.15) is 5.82 Å². The van der Waals surface area contributed by atoms with Crippen molar-refractivity contribution in [2.24, 2.45) is 0 Å². The van der Waals surface area contributed by atoms with Gasteiger partial charge >= 0.3 is 0 Å². The third kappa shape index (κ3) is 3.12. The van der Waals surface area contributed by atoms with Crippen molar-refractivity contribution in [2.75, 3.05) is 11.1 Å². The number of rotatable bonds is 2. The number of carbonyl (C=O) groups is 1. The number of para-hydroxylation sites is 1. The maximum absolute atomic E-state index is 12.3. The van der Waals surface area contributed by atoms with Gasteiger partial charge in [0.15, 0.2) is 0 Å². The first kappa shape index (κ1) is 16.4. The molecular weight excluding hydrogens is 398 g/mol. The van der Waals surface area contributed by atoms with Crippen molar-refractivity contribution in [1.82, 2.24) is 9.78 Å². The zero-order valence-corrected chi connectivity index (χ0v) is 16.0. The molecule has 1 aliphatic rings. The Kier molecular flexibility index (Phi) is 4.39. The predicted molar refractivity (Wildman–Crippen MR) is 105 cm³/mol. The molecule has 0 spiro atoms. The van der Waals surface area contributed by atoms with Crippen LogP contribution in [0.3, 0.4) is 0 Å². The van der Waals surface area contributed by atoms with Crippen LogP contribution in [0.25, 0.3) is 5.69 Å². The van der Waals surface area contributed by atoms with E-state index in [1.165, 1.54) is 0 Å². The summed E-state index contributed by atoms with van der Waals surface area (Å²) in [6, 6.07) is 18.1. The van der Waals surface area contributed by atoms with Crippen LogP contribution in [0.15, 0.2) is 59.1 Å². The second kappa shape index (κ2) is 6.69. The Hall–Kier alpha value is -2.05. The summed E-state index contributed by atoms with van der Waals surface area (Å²) in [6.45, 7) is 2.00. The average Bonchev–Trinajstić information content (AvgIpc) is 2.82. The summed E-state index contributed by atoms with van der Waals surface area (Å²) < 4.78 is 2.86. The molecule has 25 heavy (non-hydrogen) atoms. The van der Waals surface area contributed by atoms with Gasteiger partial charge in [0, 0.05) is 10.0 Å². The van der Waals surface area contributed by atoms with Gasteiger partial charge in [-0.1, -0.05) is 46.3 Å². The molecule has 1 aromatic heterocycles. The van der Waals surface area contributed by atoms with Crippen LogP contribution in [0.4, 0.5) is 5.82 Å². The summed E-state index contributed by atoms with van der Waals surface area (Å²) in [6.07, 6.45) is 0. The Morgan fingerprint density at radius 1 is 1.20 bits per heavy atom. The number of hydrogen-bond donors (Lipinski definition) is 1. The van der Waals surface area contributed by atoms with Crippen LogP contribution >= 0.6 is 27.7 Å². The van der Waals surface area contributed by atoms with E-state index in [2.05, 4.69) is 33.4 Å².